The first-order chi connectivity index (χ1) is 12.0. The van der Waals surface area contributed by atoms with Gasteiger partial charge in [0, 0.05) is 28.7 Å². The molecule has 1 aliphatic heterocycles. The van der Waals surface area contributed by atoms with Crippen LogP contribution in [0.5, 0.6) is 0 Å². The highest BCUT2D eigenvalue weighted by atomic mass is 35.5. The lowest BCUT2D eigenvalue weighted by Gasteiger charge is -2.19. The van der Waals surface area contributed by atoms with Crippen LogP contribution in [0, 0.1) is 5.92 Å². The maximum absolute atomic E-state index is 12.0. The number of halogens is 1. The van der Waals surface area contributed by atoms with E-state index < -0.39 is 0 Å². The molecule has 3 rings (SSSR count). The Morgan fingerprint density at radius 2 is 1.88 bits per heavy atom. The predicted molar refractivity (Wildman–Crippen MR) is 99.0 cm³/mol. The molecule has 6 nitrogen and oxygen atoms in total. The standard InChI is InChI=1S/C18H17ClN4O2/c1-11-9-16(24)22-23-17(11)12-5-7-14(8-6-12)20-18(25)21-15-4-2-3-13(19)10-15/h2-8,10-11H,9H2,1H3,(H,22,24)(H2,20,21,25). The van der Waals surface area contributed by atoms with E-state index in [9.17, 15) is 9.59 Å². The van der Waals surface area contributed by atoms with E-state index in [4.69, 9.17) is 11.6 Å². The molecule has 1 heterocycles. The number of nitrogens with one attached hydrogen (secondary N) is 3. The zero-order valence-electron chi connectivity index (χ0n) is 13.5. The molecular formula is C18H17ClN4O2. The van der Waals surface area contributed by atoms with Gasteiger partial charge in [-0.15, -0.1) is 0 Å². The predicted octanol–water partition coefficient (Wildman–Crippen LogP) is 3.84. The van der Waals surface area contributed by atoms with E-state index in [0.29, 0.717) is 22.8 Å². The molecule has 0 radical (unpaired) electrons. The zero-order valence-corrected chi connectivity index (χ0v) is 14.3. The molecule has 1 unspecified atom stereocenters. The van der Waals surface area contributed by atoms with E-state index in [1.807, 2.05) is 19.1 Å². The lowest BCUT2D eigenvalue weighted by molar-refractivity contribution is -0.121. The first kappa shape index (κ1) is 17.0. The Bertz CT molecular complexity index is 833. The molecule has 3 N–H and O–H groups in total. The molecule has 2 aromatic carbocycles. The van der Waals surface area contributed by atoms with Crippen LogP contribution < -0.4 is 16.1 Å². The molecule has 0 aliphatic carbocycles. The lowest BCUT2D eigenvalue weighted by atomic mass is 9.94. The number of anilines is 2. The molecule has 2 aromatic rings. The number of benzene rings is 2. The van der Waals surface area contributed by atoms with E-state index in [1.165, 1.54) is 0 Å². The number of carbonyl (C=O) groups excluding carboxylic acids is 2. The van der Waals surface area contributed by atoms with E-state index >= 15 is 0 Å². The molecule has 0 bridgehead atoms. The van der Waals surface area contributed by atoms with Crippen molar-refractivity contribution < 1.29 is 9.59 Å². The van der Waals surface area contributed by atoms with Gasteiger partial charge in [0.25, 0.3) is 0 Å². The number of hydrogen-bond donors (Lipinski definition) is 3. The summed E-state index contributed by atoms with van der Waals surface area (Å²) in [5.41, 5.74) is 5.50. The molecular weight excluding hydrogens is 340 g/mol. The van der Waals surface area contributed by atoms with E-state index in [2.05, 4.69) is 21.2 Å². The summed E-state index contributed by atoms with van der Waals surface area (Å²) in [6, 6.07) is 13.9. The molecule has 0 saturated carbocycles. The van der Waals surface area contributed by atoms with Gasteiger partial charge in [0.05, 0.1) is 5.71 Å². The number of hydrogen-bond acceptors (Lipinski definition) is 3. The maximum Gasteiger partial charge on any atom is 0.323 e. The minimum Gasteiger partial charge on any atom is -0.308 e. The van der Waals surface area contributed by atoms with Crippen molar-refractivity contribution in [1.29, 1.82) is 0 Å². The third-order valence-corrected chi connectivity index (χ3v) is 4.02. The Balaban J connectivity index is 1.64. The fourth-order valence-electron chi connectivity index (χ4n) is 2.59. The van der Waals surface area contributed by atoms with Crippen LogP contribution >= 0.6 is 11.6 Å². The molecule has 0 fully saturated rings. The second-order valence-corrected chi connectivity index (χ2v) is 6.24. The number of rotatable bonds is 3. The van der Waals surface area contributed by atoms with Gasteiger partial charge in [0.2, 0.25) is 5.91 Å². The smallest absolute Gasteiger partial charge is 0.308 e. The van der Waals surface area contributed by atoms with Gasteiger partial charge in [0.1, 0.15) is 0 Å². The first-order valence-corrected chi connectivity index (χ1v) is 8.19. The highest BCUT2D eigenvalue weighted by Gasteiger charge is 2.21. The monoisotopic (exact) mass is 356 g/mol. The summed E-state index contributed by atoms with van der Waals surface area (Å²) >= 11 is 5.89. The van der Waals surface area contributed by atoms with Crippen molar-refractivity contribution in [3.8, 4) is 0 Å². The maximum atomic E-state index is 12.0. The largest absolute Gasteiger partial charge is 0.323 e. The summed E-state index contributed by atoms with van der Waals surface area (Å²) < 4.78 is 0. The van der Waals surface area contributed by atoms with Crippen LogP contribution in [-0.4, -0.2) is 17.6 Å². The van der Waals surface area contributed by atoms with Crippen molar-refractivity contribution in [1.82, 2.24) is 5.43 Å². The van der Waals surface area contributed by atoms with E-state index in [1.54, 1.807) is 36.4 Å². The number of nitrogens with zero attached hydrogens (tertiary/aromatic N) is 1. The molecule has 128 valence electrons. The normalized spacial score (nSPS) is 16.6. The van der Waals surface area contributed by atoms with Crippen molar-refractivity contribution in [3.63, 3.8) is 0 Å². The quantitative estimate of drug-likeness (QED) is 0.780. The number of hydrazone groups is 1. The average Bonchev–Trinajstić information content (AvgIpc) is 2.56. The number of amides is 3. The molecule has 25 heavy (non-hydrogen) atoms. The van der Waals surface area contributed by atoms with Crippen LogP contribution in [0.4, 0.5) is 16.2 Å². The van der Waals surface area contributed by atoms with Gasteiger partial charge in [0.15, 0.2) is 0 Å². The third-order valence-electron chi connectivity index (χ3n) is 3.78. The van der Waals surface area contributed by atoms with Crippen LogP contribution in [0.1, 0.15) is 18.9 Å². The number of urea groups is 1. The Morgan fingerprint density at radius 1 is 1.16 bits per heavy atom. The van der Waals surface area contributed by atoms with Crippen molar-refractivity contribution in [2.24, 2.45) is 11.0 Å². The zero-order chi connectivity index (χ0) is 17.8. The molecule has 1 aliphatic rings. The summed E-state index contributed by atoms with van der Waals surface area (Å²) in [5, 5.41) is 10.1. The van der Waals surface area contributed by atoms with Crippen LogP contribution in [-0.2, 0) is 4.79 Å². The van der Waals surface area contributed by atoms with Gasteiger partial charge in [-0.1, -0.05) is 36.7 Å². The van der Waals surface area contributed by atoms with Crippen molar-refractivity contribution in [2.45, 2.75) is 13.3 Å². The third kappa shape index (κ3) is 4.36. The van der Waals surface area contributed by atoms with Gasteiger partial charge >= 0.3 is 6.03 Å². The average molecular weight is 357 g/mol. The van der Waals surface area contributed by atoms with Gasteiger partial charge < -0.3 is 10.6 Å². The molecule has 7 heteroatoms. The lowest BCUT2D eigenvalue weighted by Crippen LogP contribution is -2.31. The van der Waals surface area contributed by atoms with Gasteiger partial charge in [-0.2, -0.15) is 5.10 Å². The fraction of sp³-hybridized carbons (Fsp3) is 0.167. The molecule has 0 spiro atoms. The first-order valence-electron chi connectivity index (χ1n) is 7.82. The van der Waals surface area contributed by atoms with E-state index in [0.717, 1.165) is 11.3 Å². The van der Waals surface area contributed by atoms with Gasteiger partial charge in [-0.25, -0.2) is 10.2 Å². The highest BCUT2D eigenvalue weighted by Crippen LogP contribution is 2.19. The Labute approximate surface area is 150 Å². The SMILES string of the molecule is CC1CC(=O)NN=C1c1ccc(NC(=O)Nc2cccc(Cl)c2)cc1. The second kappa shape index (κ2) is 7.36. The van der Waals surface area contributed by atoms with Crippen LogP contribution in [0.3, 0.4) is 0 Å². The van der Waals surface area contributed by atoms with Gasteiger partial charge in [-0.05, 0) is 35.9 Å². The summed E-state index contributed by atoms with van der Waals surface area (Å²) in [7, 11) is 0. The number of carbonyl (C=O) groups is 2. The van der Waals surface area contributed by atoms with E-state index in [-0.39, 0.29) is 17.9 Å². The van der Waals surface area contributed by atoms with Crippen LogP contribution in [0.2, 0.25) is 5.02 Å². The summed E-state index contributed by atoms with van der Waals surface area (Å²) in [5.74, 6) is -0.0223. The summed E-state index contributed by atoms with van der Waals surface area (Å²) in [6.45, 7) is 1.96. The molecule has 3 amide bonds. The summed E-state index contributed by atoms with van der Waals surface area (Å²) in [4.78, 5) is 23.3. The van der Waals surface area contributed by atoms with Crippen molar-refractivity contribution in [3.05, 3.63) is 59.1 Å². The Kier molecular flexibility index (Phi) is 5.00. The second-order valence-electron chi connectivity index (χ2n) is 5.80. The van der Waals surface area contributed by atoms with Crippen molar-refractivity contribution >= 4 is 40.6 Å². The van der Waals surface area contributed by atoms with Crippen molar-refractivity contribution in [2.75, 3.05) is 10.6 Å². The van der Waals surface area contributed by atoms with Gasteiger partial charge in [-0.3, -0.25) is 4.79 Å². The minimum absolute atomic E-state index is 0.0543. The topological polar surface area (TPSA) is 82.6 Å². The molecule has 0 saturated heterocycles. The van der Waals surface area contributed by atoms with Crippen LogP contribution in [0.25, 0.3) is 0 Å². The minimum atomic E-state index is -0.356. The van der Waals surface area contributed by atoms with Crippen LogP contribution in [0.15, 0.2) is 53.6 Å². The Morgan fingerprint density at radius 3 is 2.56 bits per heavy atom. The Hall–Kier alpha value is -2.86. The molecule has 1 atom stereocenters. The molecule has 0 aromatic heterocycles. The summed E-state index contributed by atoms with van der Waals surface area (Å²) in [6.07, 6.45) is 0.418. The fourth-order valence-corrected chi connectivity index (χ4v) is 2.78. The highest BCUT2D eigenvalue weighted by molar-refractivity contribution is 6.30.